The zero-order valence-electron chi connectivity index (χ0n) is 13.5. The number of hydrogen-bond donors (Lipinski definition) is 2. The minimum Gasteiger partial charge on any atom is -0.351 e. The van der Waals surface area contributed by atoms with E-state index in [1.807, 2.05) is 54.6 Å². The van der Waals surface area contributed by atoms with Gasteiger partial charge in [-0.2, -0.15) is 0 Å². The number of hydrogen-bond acceptors (Lipinski definition) is 2. The first-order chi connectivity index (χ1) is 12.0. The third kappa shape index (κ3) is 2.55. The highest BCUT2D eigenvalue weighted by atomic mass is 19.3. The number of halogens is 2. The van der Waals surface area contributed by atoms with Gasteiger partial charge in [-0.1, -0.05) is 48.5 Å². The van der Waals surface area contributed by atoms with Crippen LogP contribution in [0.15, 0.2) is 54.6 Å². The highest BCUT2D eigenvalue weighted by molar-refractivity contribution is 6.18. The van der Waals surface area contributed by atoms with Crippen LogP contribution in [0.5, 0.6) is 0 Å². The molecule has 3 N–H and O–H groups in total. The Morgan fingerprint density at radius 1 is 1.00 bits per heavy atom. The van der Waals surface area contributed by atoms with Crippen molar-refractivity contribution in [1.82, 2.24) is 5.32 Å². The zero-order valence-corrected chi connectivity index (χ0v) is 13.5. The molecular formula is C20H18F2N2O. The molecule has 2 atom stereocenters. The van der Waals surface area contributed by atoms with E-state index < -0.39 is 17.8 Å². The first-order valence-electron chi connectivity index (χ1n) is 8.30. The van der Waals surface area contributed by atoms with Gasteiger partial charge in [0.05, 0.1) is 11.5 Å². The molecule has 0 aliphatic heterocycles. The fraction of sp³-hybridized carbons (Fsp3) is 0.250. The largest absolute Gasteiger partial charge is 0.351 e. The molecule has 3 nitrogen and oxygen atoms in total. The molecule has 0 heterocycles. The number of carbonyl (C=O) groups is 1. The normalized spacial score (nSPS) is 21.4. The van der Waals surface area contributed by atoms with Crippen molar-refractivity contribution in [3.05, 3.63) is 60.2 Å². The Bertz CT molecular complexity index is 916. The summed E-state index contributed by atoms with van der Waals surface area (Å²) in [6, 6.07) is 17.2. The smallest absolute Gasteiger partial charge is 0.257 e. The average molecular weight is 340 g/mol. The second-order valence-corrected chi connectivity index (χ2v) is 6.53. The third-order valence-corrected chi connectivity index (χ3v) is 5.10. The molecule has 1 saturated carbocycles. The second-order valence-electron chi connectivity index (χ2n) is 6.53. The maximum absolute atomic E-state index is 13.6. The van der Waals surface area contributed by atoms with Crippen molar-refractivity contribution < 1.29 is 13.6 Å². The van der Waals surface area contributed by atoms with Crippen LogP contribution in [0.1, 0.15) is 10.4 Å². The molecule has 5 heteroatoms. The molecule has 0 bridgehead atoms. The van der Waals surface area contributed by atoms with Gasteiger partial charge in [-0.05, 0) is 27.6 Å². The van der Waals surface area contributed by atoms with E-state index in [4.69, 9.17) is 5.73 Å². The van der Waals surface area contributed by atoms with Crippen molar-refractivity contribution in [1.29, 1.82) is 0 Å². The van der Waals surface area contributed by atoms with Gasteiger partial charge in [0.1, 0.15) is 0 Å². The van der Waals surface area contributed by atoms with E-state index in [9.17, 15) is 13.6 Å². The lowest BCUT2D eigenvalue weighted by Gasteiger charge is -2.12. The Hall–Kier alpha value is -2.53. The van der Waals surface area contributed by atoms with Gasteiger partial charge in [-0.15, -0.1) is 0 Å². The van der Waals surface area contributed by atoms with Crippen LogP contribution in [0, 0.1) is 11.8 Å². The van der Waals surface area contributed by atoms with Crippen LogP contribution in [0.25, 0.3) is 21.5 Å². The van der Waals surface area contributed by atoms with Crippen molar-refractivity contribution in [3.8, 4) is 0 Å². The van der Waals surface area contributed by atoms with E-state index in [0.29, 0.717) is 5.56 Å². The minimum absolute atomic E-state index is 0.0642. The van der Waals surface area contributed by atoms with Crippen LogP contribution in [0.4, 0.5) is 8.78 Å². The van der Waals surface area contributed by atoms with Gasteiger partial charge in [-0.25, -0.2) is 8.78 Å². The average Bonchev–Trinajstić information content (AvgIpc) is 3.16. The Kier molecular flexibility index (Phi) is 3.69. The van der Waals surface area contributed by atoms with E-state index >= 15 is 0 Å². The van der Waals surface area contributed by atoms with Gasteiger partial charge in [0, 0.05) is 19.0 Å². The topological polar surface area (TPSA) is 55.1 Å². The minimum atomic E-state index is -2.77. The summed E-state index contributed by atoms with van der Waals surface area (Å²) in [5.74, 6) is -4.81. The molecule has 3 aromatic carbocycles. The molecule has 25 heavy (non-hydrogen) atoms. The van der Waals surface area contributed by atoms with Crippen molar-refractivity contribution in [2.24, 2.45) is 17.6 Å². The zero-order chi connectivity index (χ0) is 17.6. The number of nitrogens with two attached hydrogens (primary N) is 1. The molecule has 1 aliphatic carbocycles. The predicted octanol–water partition coefficient (Wildman–Crippen LogP) is 3.56. The number of fused-ring (bicyclic) bond motifs is 2. The Labute approximate surface area is 143 Å². The highest BCUT2D eigenvalue weighted by Crippen LogP contribution is 2.54. The lowest BCUT2D eigenvalue weighted by Crippen LogP contribution is -2.27. The maximum Gasteiger partial charge on any atom is 0.257 e. The van der Waals surface area contributed by atoms with Crippen molar-refractivity contribution >= 4 is 27.5 Å². The molecule has 0 saturated heterocycles. The number of nitrogens with one attached hydrogen (secondary N) is 1. The second kappa shape index (κ2) is 5.77. The number of amides is 1. The standard InChI is InChI=1S/C20H18F2N2O/c21-20(22)16(10-23)17(20)11-24-19(25)18-14-7-3-1-5-12(14)9-13-6-2-4-8-15(13)18/h1-9,16-17H,10-11,23H2,(H,24,25). The molecule has 3 aromatic rings. The summed E-state index contributed by atoms with van der Waals surface area (Å²) in [6.07, 6.45) is 0. The molecular weight excluding hydrogens is 322 g/mol. The van der Waals surface area contributed by atoms with E-state index in [1.54, 1.807) is 0 Å². The molecule has 1 amide bonds. The molecule has 0 aromatic heterocycles. The van der Waals surface area contributed by atoms with E-state index in [1.165, 1.54) is 0 Å². The quantitative estimate of drug-likeness (QED) is 0.714. The summed E-state index contributed by atoms with van der Waals surface area (Å²) >= 11 is 0. The van der Waals surface area contributed by atoms with Crippen LogP contribution in [0.3, 0.4) is 0 Å². The number of carbonyl (C=O) groups excluding carboxylic acids is 1. The monoisotopic (exact) mass is 340 g/mol. The van der Waals surface area contributed by atoms with E-state index in [-0.39, 0.29) is 19.0 Å². The molecule has 0 radical (unpaired) electrons. The number of rotatable bonds is 4. The van der Waals surface area contributed by atoms with Gasteiger partial charge in [0.15, 0.2) is 0 Å². The Morgan fingerprint density at radius 2 is 1.56 bits per heavy atom. The summed E-state index contributed by atoms with van der Waals surface area (Å²) in [5, 5.41) is 6.22. The van der Waals surface area contributed by atoms with Crippen LogP contribution in [-0.2, 0) is 0 Å². The number of benzene rings is 3. The summed E-state index contributed by atoms with van der Waals surface area (Å²) in [4.78, 5) is 12.8. The van der Waals surface area contributed by atoms with E-state index in [2.05, 4.69) is 5.32 Å². The van der Waals surface area contributed by atoms with Gasteiger partial charge in [-0.3, -0.25) is 4.79 Å². The van der Waals surface area contributed by atoms with Crippen LogP contribution < -0.4 is 11.1 Å². The summed E-state index contributed by atoms with van der Waals surface area (Å²) < 4.78 is 27.2. The van der Waals surface area contributed by atoms with E-state index in [0.717, 1.165) is 21.5 Å². The Morgan fingerprint density at radius 3 is 2.08 bits per heavy atom. The molecule has 1 aliphatic rings. The Balaban J connectivity index is 1.70. The van der Waals surface area contributed by atoms with Crippen LogP contribution >= 0.6 is 0 Å². The van der Waals surface area contributed by atoms with Gasteiger partial charge < -0.3 is 11.1 Å². The predicted molar refractivity (Wildman–Crippen MR) is 94.8 cm³/mol. The third-order valence-electron chi connectivity index (χ3n) is 5.10. The summed E-state index contributed by atoms with van der Waals surface area (Å²) in [7, 11) is 0. The highest BCUT2D eigenvalue weighted by Gasteiger charge is 2.66. The molecule has 1 fully saturated rings. The first kappa shape index (κ1) is 16.0. The fourth-order valence-electron chi connectivity index (χ4n) is 3.61. The molecule has 128 valence electrons. The molecule has 0 spiro atoms. The van der Waals surface area contributed by atoms with Crippen LogP contribution in [0.2, 0.25) is 0 Å². The summed E-state index contributed by atoms with van der Waals surface area (Å²) in [5.41, 5.74) is 5.90. The lowest BCUT2D eigenvalue weighted by atomic mass is 9.96. The number of alkyl halides is 2. The van der Waals surface area contributed by atoms with Gasteiger partial charge in [0.2, 0.25) is 0 Å². The maximum atomic E-state index is 13.6. The van der Waals surface area contributed by atoms with Crippen molar-refractivity contribution in [2.75, 3.05) is 13.1 Å². The van der Waals surface area contributed by atoms with Crippen LogP contribution in [-0.4, -0.2) is 24.9 Å². The van der Waals surface area contributed by atoms with Crippen molar-refractivity contribution in [3.63, 3.8) is 0 Å². The lowest BCUT2D eigenvalue weighted by molar-refractivity contribution is 0.0825. The SMILES string of the molecule is NCC1C(CNC(=O)c2c3ccccc3cc3ccccc23)C1(F)F. The molecule has 4 rings (SSSR count). The van der Waals surface area contributed by atoms with Gasteiger partial charge in [0.25, 0.3) is 11.8 Å². The first-order valence-corrected chi connectivity index (χ1v) is 8.30. The fourth-order valence-corrected chi connectivity index (χ4v) is 3.61. The van der Waals surface area contributed by atoms with Crippen molar-refractivity contribution in [2.45, 2.75) is 5.92 Å². The molecule has 2 unspecified atom stereocenters. The van der Waals surface area contributed by atoms with Gasteiger partial charge >= 0.3 is 0 Å². The summed E-state index contributed by atoms with van der Waals surface area (Å²) in [6.45, 7) is -0.129.